The highest BCUT2D eigenvalue weighted by atomic mass is 32.2. The highest BCUT2D eigenvalue weighted by Gasteiger charge is 2.31. The van der Waals surface area contributed by atoms with Gasteiger partial charge in [0.05, 0.1) is 18.6 Å². The Balaban J connectivity index is 1.94. The highest BCUT2D eigenvalue weighted by molar-refractivity contribution is 8.00. The molecule has 0 unspecified atom stereocenters. The van der Waals surface area contributed by atoms with Crippen LogP contribution in [0.5, 0.6) is 0 Å². The molecule has 0 amide bonds. The minimum atomic E-state index is -4.32. The SMILES string of the molecule is FC(F)(F)Sc1cnc2cnc(N3CCNCC3)cn12. The molecule has 2 aromatic heterocycles. The molecule has 1 fully saturated rings. The van der Waals surface area contributed by atoms with E-state index < -0.39 is 5.51 Å². The number of anilines is 1. The molecule has 108 valence electrons. The average Bonchev–Trinajstić information content (AvgIpc) is 2.80. The quantitative estimate of drug-likeness (QED) is 0.857. The van der Waals surface area contributed by atoms with Gasteiger partial charge in [-0.15, -0.1) is 0 Å². The van der Waals surface area contributed by atoms with Gasteiger partial charge in [-0.2, -0.15) is 13.2 Å². The van der Waals surface area contributed by atoms with E-state index in [4.69, 9.17) is 0 Å². The summed E-state index contributed by atoms with van der Waals surface area (Å²) in [6.45, 7) is 3.26. The van der Waals surface area contributed by atoms with Gasteiger partial charge in [-0.25, -0.2) is 9.97 Å². The van der Waals surface area contributed by atoms with Gasteiger partial charge in [0.2, 0.25) is 0 Å². The second-order valence-electron chi connectivity index (χ2n) is 4.35. The Morgan fingerprint density at radius 2 is 1.90 bits per heavy atom. The van der Waals surface area contributed by atoms with E-state index in [-0.39, 0.29) is 16.8 Å². The van der Waals surface area contributed by atoms with Crippen LogP contribution in [0.25, 0.3) is 5.65 Å². The number of aromatic nitrogens is 3. The Bertz CT molecular complexity index is 606. The molecule has 0 saturated carbocycles. The van der Waals surface area contributed by atoms with Crippen molar-refractivity contribution in [3.8, 4) is 0 Å². The minimum absolute atomic E-state index is 0.0475. The Labute approximate surface area is 117 Å². The van der Waals surface area contributed by atoms with Crippen LogP contribution in [0.1, 0.15) is 0 Å². The van der Waals surface area contributed by atoms with E-state index in [1.54, 1.807) is 6.20 Å². The molecule has 1 aliphatic heterocycles. The zero-order chi connectivity index (χ0) is 14.2. The number of nitrogens with zero attached hydrogens (tertiary/aromatic N) is 4. The summed E-state index contributed by atoms with van der Waals surface area (Å²) in [7, 11) is 0. The molecule has 2 aromatic rings. The summed E-state index contributed by atoms with van der Waals surface area (Å²) in [6, 6.07) is 0. The molecule has 1 N–H and O–H groups in total. The van der Waals surface area contributed by atoms with Gasteiger partial charge in [0.25, 0.3) is 0 Å². The van der Waals surface area contributed by atoms with E-state index in [9.17, 15) is 13.2 Å². The molecular weight excluding hydrogens is 291 g/mol. The van der Waals surface area contributed by atoms with E-state index in [1.807, 2.05) is 4.90 Å². The molecule has 0 aliphatic carbocycles. The Morgan fingerprint density at radius 3 is 2.60 bits per heavy atom. The van der Waals surface area contributed by atoms with Crippen LogP contribution in [0.15, 0.2) is 23.6 Å². The second kappa shape index (κ2) is 5.13. The molecule has 9 heteroatoms. The van der Waals surface area contributed by atoms with Crippen molar-refractivity contribution in [2.24, 2.45) is 0 Å². The standard InChI is InChI=1S/C11H12F3N5S/c12-11(13,14)20-10-6-17-8-5-16-9(7-19(8)10)18-3-1-15-2-4-18/h5-7,15H,1-4H2. The van der Waals surface area contributed by atoms with Crippen LogP contribution in [0.2, 0.25) is 0 Å². The lowest BCUT2D eigenvalue weighted by atomic mass is 10.3. The van der Waals surface area contributed by atoms with Crippen LogP contribution < -0.4 is 10.2 Å². The number of nitrogens with one attached hydrogen (secondary N) is 1. The highest BCUT2D eigenvalue weighted by Crippen LogP contribution is 2.37. The number of hydrogen-bond donors (Lipinski definition) is 1. The summed E-state index contributed by atoms with van der Waals surface area (Å²) in [5.74, 6) is 0.668. The molecule has 20 heavy (non-hydrogen) atoms. The van der Waals surface area contributed by atoms with Crippen molar-refractivity contribution in [2.75, 3.05) is 31.1 Å². The molecule has 0 aromatic carbocycles. The number of rotatable bonds is 2. The van der Waals surface area contributed by atoms with Crippen molar-refractivity contribution in [1.29, 1.82) is 0 Å². The first-order chi connectivity index (χ1) is 9.53. The first-order valence-corrected chi connectivity index (χ1v) is 6.89. The molecule has 0 radical (unpaired) electrons. The maximum atomic E-state index is 12.5. The van der Waals surface area contributed by atoms with E-state index in [0.29, 0.717) is 11.5 Å². The largest absolute Gasteiger partial charge is 0.447 e. The molecule has 5 nitrogen and oxygen atoms in total. The predicted octanol–water partition coefficient (Wildman–Crippen LogP) is 1.75. The summed E-state index contributed by atoms with van der Waals surface area (Å²) in [5.41, 5.74) is -3.91. The van der Waals surface area contributed by atoms with E-state index >= 15 is 0 Å². The first-order valence-electron chi connectivity index (χ1n) is 6.07. The van der Waals surface area contributed by atoms with Crippen LogP contribution in [0, 0.1) is 0 Å². The van der Waals surface area contributed by atoms with Crippen molar-refractivity contribution < 1.29 is 13.2 Å². The monoisotopic (exact) mass is 303 g/mol. The summed E-state index contributed by atoms with van der Waals surface area (Å²) >= 11 is -0.166. The second-order valence-corrected chi connectivity index (χ2v) is 5.44. The van der Waals surface area contributed by atoms with Gasteiger partial charge < -0.3 is 10.2 Å². The van der Waals surface area contributed by atoms with Crippen molar-refractivity contribution in [3.63, 3.8) is 0 Å². The molecule has 0 spiro atoms. The van der Waals surface area contributed by atoms with Gasteiger partial charge >= 0.3 is 5.51 Å². The van der Waals surface area contributed by atoms with E-state index in [0.717, 1.165) is 26.2 Å². The number of thioether (sulfide) groups is 1. The van der Waals surface area contributed by atoms with Crippen LogP contribution in [0.3, 0.4) is 0 Å². The number of imidazole rings is 1. The van der Waals surface area contributed by atoms with E-state index in [2.05, 4.69) is 15.3 Å². The topological polar surface area (TPSA) is 45.5 Å². The fraction of sp³-hybridized carbons (Fsp3) is 0.455. The van der Waals surface area contributed by atoms with Crippen molar-refractivity contribution in [1.82, 2.24) is 19.7 Å². The Kier molecular flexibility index (Phi) is 3.47. The van der Waals surface area contributed by atoms with Crippen LogP contribution in [0.4, 0.5) is 19.0 Å². The van der Waals surface area contributed by atoms with Gasteiger partial charge in [0.15, 0.2) is 5.65 Å². The van der Waals surface area contributed by atoms with Crippen molar-refractivity contribution in [2.45, 2.75) is 10.5 Å². The summed E-state index contributed by atoms with van der Waals surface area (Å²) in [5, 5.41) is 3.27. The van der Waals surface area contributed by atoms with Gasteiger partial charge in [0.1, 0.15) is 10.8 Å². The fourth-order valence-electron chi connectivity index (χ4n) is 2.11. The van der Waals surface area contributed by atoms with Crippen LogP contribution >= 0.6 is 11.8 Å². The van der Waals surface area contributed by atoms with Gasteiger partial charge in [-0.3, -0.25) is 4.40 Å². The fourth-order valence-corrected chi connectivity index (χ4v) is 2.70. The minimum Gasteiger partial charge on any atom is -0.353 e. The molecular formula is C11H12F3N5S. The van der Waals surface area contributed by atoms with Gasteiger partial charge in [0, 0.05) is 37.9 Å². The van der Waals surface area contributed by atoms with Gasteiger partial charge in [-0.05, 0) is 0 Å². The third kappa shape index (κ3) is 2.83. The van der Waals surface area contributed by atoms with E-state index in [1.165, 1.54) is 16.8 Å². The summed E-state index contributed by atoms with van der Waals surface area (Å²) < 4.78 is 38.9. The number of piperazine rings is 1. The number of hydrogen-bond acceptors (Lipinski definition) is 5. The third-order valence-corrected chi connectivity index (χ3v) is 3.75. The van der Waals surface area contributed by atoms with Gasteiger partial charge in [-0.1, -0.05) is 0 Å². The Hall–Kier alpha value is -1.48. The molecule has 0 bridgehead atoms. The zero-order valence-electron chi connectivity index (χ0n) is 10.4. The Morgan fingerprint density at radius 1 is 1.15 bits per heavy atom. The number of halogens is 3. The molecule has 1 saturated heterocycles. The summed E-state index contributed by atoms with van der Waals surface area (Å²) in [4.78, 5) is 10.2. The predicted molar refractivity (Wildman–Crippen MR) is 70.0 cm³/mol. The third-order valence-electron chi connectivity index (χ3n) is 3.01. The number of fused-ring (bicyclic) bond motifs is 1. The normalized spacial score (nSPS) is 16.9. The van der Waals surface area contributed by atoms with Crippen molar-refractivity contribution >= 4 is 23.2 Å². The average molecular weight is 303 g/mol. The van der Waals surface area contributed by atoms with Crippen LogP contribution in [-0.2, 0) is 0 Å². The number of alkyl halides is 3. The maximum Gasteiger partial charge on any atom is 0.447 e. The lowest BCUT2D eigenvalue weighted by Crippen LogP contribution is -2.44. The first kappa shape index (κ1) is 13.5. The lowest BCUT2D eigenvalue weighted by molar-refractivity contribution is -0.0329. The zero-order valence-corrected chi connectivity index (χ0v) is 11.2. The smallest absolute Gasteiger partial charge is 0.353 e. The molecule has 3 rings (SSSR count). The molecule has 3 heterocycles. The maximum absolute atomic E-state index is 12.5. The lowest BCUT2D eigenvalue weighted by Gasteiger charge is -2.28. The van der Waals surface area contributed by atoms with Crippen LogP contribution in [-0.4, -0.2) is 46.1 Å². The van der Waals surface area contributed by atoms with Crippen molar-refractivity contribution in [3.05, 3.63) is 18.6 Å². The molecule has 0 atom stereocenters. The molecule has 1 aliphatic rings. The summed E-state index contributed by atoms with van der Waals surface area (Å²) in [6.07, 6.45) is 4.33.